The molecular weight excluding hydrogens is 338 g/mol. The molecule has 0 saturated heterocycles. The van der Waals surface area contributed by atoms with E-state index in [9.17, 15) is 4.79 Å². The number of nitrogens with one attached hydrogen (secondary N) is 1. The number of hydrogen-bond donors (Lipinski definition) is 1. The average Bonchev–Trinajstić information content (AvgIpc) is 3.15. The Labute approximate surface area is 160 Å². The smallest absolute Gasteiger partial charge is 0.220 e. The molecule has 27 heavy (non-hydrogen) atoms. The van der Waals surface area contributed by atoms with Crippen molar-refractivity contribution in [2.75, 3.05) is 13.2 Å². The maximum atomic E-state index is 12.0. The van der Waals surface area contributed by atoms with Crippen molar-refractivity contribution in [1.82, 2.24) is 15.1 Å². The maximum absolute atomic E-state index is 12.0. The number of hydrogen-bond acceptors (Lipinski definition) is 3. The van der Waals surface area contributed by atoms with Gasteiger partial charge in [0.05, 0.1) is 18.4 Å². The van der Waals surface area contributed by atoms with E-state index in [-0.39, 0.29) is 5.91 Å². The lowest BCUT2D eigenvalue weighted by Crippen LogP contribution is -2.28. The van der Waals surface area contributed by atoms with Crippen LogP contribution in [0.5, 0.6) is 5.75 Å². The van der Waals surface area contributed by atoms with Crippen LogP contribution in [0.3, 0.4) is 0 Å². The number of benzene rings is 2. The van der Waals surface area contributed by atoms with E-state index in [2.05, 4.69) is 23.4 Å². The summed E-state index contributed by atoms with van der Waals surface area (Å²) in [4.78, 5) is 12.0. The van der Waals surface area contributed by atoms with E-state index >= 15 is 0 Å². The van der Waals surface area contributed by atoms with Crippen molar-refractivity contribution in [3.05, 3.63) is 77.6 Å². The lowest BCUT2D eigenvalue weighted by atomic mass is 10.1. The molecule has 5 heteroatoms. The summed E-state index contributed by atoms with van der Waals surface area (Å²) in [6.07, 6.45) is 4.87. The minimum absolute atomic E-state index is 0.0201. The number of aryl methyl sites for hydroxylation is 3. The Morgan fingerprint density at radius 2 is 1.96 bits per heavy atom. The molecule has 5 nitrogen and oxygen atoms in total. The molecule has 1 amide bonds. The highest BCUT2D eigenvalue weighted by Crippen LogP contribution is 2.18. The molecule has 1 N–H and O–H groups in total. The number of para-hydroxylation sites is 1. The van der Waals surface area contributed by atoms with Crippen LogP contribution in [0.1, 0.15) is 23.1 Å². The first kappa shape index (κ1) is 18.7. The minimum Gasteiger partial charge on any atom is -0.491 e. The van der Waals surface area contributed by atoms with Gasteiger partial charge >= 0.3 is 0 Å². The molecule has 0 aliphatic carbocycles. The molecule has 0 aliphatic rings. The number of carbonyl (C=O) groups excluding carboxylic acids is 1. The number of ether oxygens (including phenoxy) is 1. The van der Waals surface area contributed by atoms with E-state index < -0.39 is 0 Å². The summed E-state index contributed by atoms with van der Waals surface area (Å²) in [6.45, 7) is 5.04. The molecule has 3 rings (SSSR count). The summed E-state index contributed by atoms with van der Waals surface area (Å²) < 4.78 is 7.55. The van der Waals surface area contributed by atoms with Gasteiger partial charge in [0.25, 0.3) is 0 Å². The van der Waals surface area contributed by atoms with E-state index in [1.807, 2.05) is 66.5 Å². The molecule has 0 radical (unpaired) electrons. The van der Waals surface area contributed by atoms with Crippen molar-refractivity contribution in [1.29, 1.82) is 0 Å². The number of carbonyl (C=O) groups is 1. The van der Waals surface area contributed by atoms with E-state index in [4.69, 9.17) is 4.74 Å². The van der Waals surface area contributed by atoms with Gasteiger partial charge in [-0.3, -0.25) is 4.79 Å². The number of aromatic nitrogens is 2. The Balaban J connectivity index is 1.38. The van der Waals surface area contributed by atoms with Gasteiger partial charge in [-0.25, -0.2) is 4.68 Å². The van der Waals surface area contributed by atoms with Crippen molar-refractivity contribution in [3.8, 4) is 11.4 Å². The van der Waals surface area contributed by atoms with E-state index in [1.165, 1.54) is 5.56 Å². The van der Waals surface area contributed by atoms with E-state index in [1.54, 1.807) is 0 Å². The van der Waals surface area contributed by atoms with Crippen molar-refractivity contribution in [2.45, 2.75) is 26.7 Å². The zero-order valence-electron chi connectivity index (χ0n) is 15.8. The summed E-state index contributed by atoms with van der Waals surface area (Å²) >= 11 is 0. The van der Waals surface area contributed by atoms with Gasteiger partial charge in [-0.1, -0.05) is 35.9 Å². The second kappa shape index (κ2) is 9.03. The fourth-order valence-corrected chi connectivity index (χ4v) is 2.87. The van der Waals surface area contributed by atoms with Crippen molar-refractivity contribution in [3.63, 3.8) is 0 Å². The first-order valence-corrected chi connectivity index (χ1v) is 9.17. The molecule has 1 aromatic heterocycles. The lowest BCUT2D eigenvalue weighted by Gasteiger charge is -2.10. The molecule has 0 bridgehead atoms. The van der Waals surface area contributed by atoms with Gasteiger partial charge < -0.3 is 10.1 Å². The van der Waals surface area contributed by atoms with Crippen LogP contribution in [-0.2, 0) is 11.2 Å². The second-order valence-electron chi connectivity index (χ2n) is 6.60. The molecular formula is C22H25N3O2. The van der Waals surface area contributed by atoms with Gasteiger partial charge in [-0.05, 0) is 49.6 Å². The SMILES string of the molecule is Cc1ccc(OCCNC(=O)CCc2cnn(-c3ccccc3)c2)c(C)c1. The minimum atomic E-state index is 0.0201. The molecule has 0 atom stereocenters. The van der Waals surface area contributed by atoms with Crippen LogP contribution in [-0.4, -0.2) is 28.8 Å². The number of nitrogens with zero attached hydrogens (tertiary/aromatic N) is 2. The molecule has 2 aromatic carbocycles. The van der Waals surface area contributed by atoms with Crippen LogP contribution in [0.25, 0.3) is 5.69 Å². The first-order chi connectivity index (χ1) is 13.1. The molecule has 0 fully saturated rings. The van der Waals surface area contributed by atoms with Gasteiger partial charge in [-0.2, -0.15) is 5.10 Å². The monoisotopic (exact) mass is 363 g/mol. The van der Waals surface area contributed by atoms with Crippen molar-refractivity contribution >= 4 is 5.91 Å². The van der Waals surface area contributed by atoms with Crippen LogP contribution < -0.4 is 10.1 Å². The number of rotatable bonds is 8. The van der Waals surface area contributed by atoms with Crippen LogP contribution in [0.2, 0.25) is 0 Å². The third kappa shape index (κ3) is 5.45. The van der Waals surface area contributed by atoms with E-state index in [0.29, 0.717) is 26.0 Å². The van der Waals surface area contributed by atoms with Gasteiger partial charge in [0.15, 0.2) is 0 Å². The van der Waals surface area contributed by atoms with Crippen LogP contribution in [0.15, 0.2) is 60.9 Å². The molecule has 0 unspecified atom stereocenters. The highest BCUT2D eigenvalue weighted by Gasteiger charge is 2.05. The van der Waals surface area contributed by atoms with Gasteiger partial charge in [0.1, 0.15) is 12.4 Å². The van der Waals surface area contributed by atoms with Crippen LogP contribution in [0.4, 0.5) is 0 Å². The summed E-state index contributed by atoms with van der Waals surface area (Å²) in [7, 11) is 0. The molecule has 0 spiro atoms. The standard InChI is InChI=1S/C22H25N3O2/c1-17-8-10-21(18(2)14-17)27-13-12-23-22(26)11-9-19-15-24-25(16-19)20-6-4-3-5-7-20/h3-8,10,14-16H,9,11-13H2,1-2H3,(H,23,26). The molecule has 1 heterocycles. The van der Waals surface area contributed by atoms with Crippen molar-refractivity contribution in [2.24, 2.45) is 0 Å². The third-order valence-corrected chi connectivity index (χ3v) is 4.31. The molecule has 140 valence electrons. The average molecular weight is 363 g/mol. The van der Waals surface area contributed by atoms with Gasteiger partial charge in [0.2, 0.25) is 5.91 Å². The topological polar surface area (TPSA) is 56.1 Å². The lowest BCUT2D eigenvalue weighted by molar-refractivity contribution is -0.121. The zero-order valence-corrected chi connectivity index (χ0v) is 15.8. The largest absolute Gasteiger partial charge is 0.491 e. The Hall–Kier alpha value is -3.08. The quantitative estimate of drug-likeness (QED) is 0.622. The Bertz CT molecular complexity index is 888. The number of amides is 1. The summed E-state index contributed by atoms with van der Waals surface area (Å²) in [5, 5.41) is 7.25. The fourth-order valence-electron chi connectivity index (χ4n) is 2.87. The Kier molecular flexibility index (Phi) is 6.26. The predicted molar refractivity (Wildman–Crippen MR) is 106 cm³/mol. The zero-order chi connectivity index (χ0) is 19.1. The summed E-state index contributed by atoms with van der Waals surface area (Å²) in [5.41, 5.74) is 4.37. The fraction of sp³-hybridized carbons (Fsp3) is 0.273. The van der Waals surface area contributed by atoms with Crippen molar-refractivity contribution < 1.29 is 9.53 Å². The molecule has 0 saturated carbocycles. The summed E-state index contributed by atoms with van der Waals surface area (Å²) in [5.74, 6) is 0.884. The van der Waals surface area contributed by atoms with E-state index in [0.717, 1.165) is 22.6 Å². The molecule has 3 aromatic rings. The Morgan fingerprint density at radius 1 is 1.15 bits per heavy atom. The third-order valence-electron chi connectivity index (χ3n) is 4.31. The first-order valence-electron chi connectivity index (χ1n) is 9.17. The van der Waals surface area contributed by atoms with Crippen LogP contribution in [0, 0.1) is 13.8 Å². The Morgan fingerprint density at radius 3 is 2.74 bits per heavy atom. The highest BCUT2D eigenvalue weighted by atomic mass is 16.5. The molecule has 0 aliphatic heterocycles. The van der Waals surface area contributed by atoms with Gasteiger partial charge in [-0.15, -0.1) is 0 Å². The highest BCUT2D eigenvalue weighted by molar-refractivity contribution is 5.76. The van der Waals surface area contributed by atoms with Crippen LogP contribution >= 0.6 is 0 Å². The normalized spacial score (nSPS) is 10.6. The summed E-state index contributed by atoms with van der Waals surface area (Å²) in [6, 6.07) is 16.0. The second-order valence-corrected chi connectivity index (χ2v) is 6.60. The van der Waals surface area contributed by atoms with Gasteiger partial charge in [0, 0.05) is 12.6 Å². The maximum Gasteiger partial charge on any atom is 0.220 e. The predicted octanol–water partition coefficient (Wildman–Crippen LogP) is 3.62.